The van der Waals surface area contributed by atoms with Crippen molar-refractivity contribution in [3.8, 4) is 0 Å². The molecule has 0 radical (unpaired) electrons. The lowest BCUT2D eigenvalue weighted by molar-refractivity contribution is 0.418. The SMILES string of the molecule is Cc1sc(Br)cc1S(=O)(=O)NCC1CCCC1CCl. The maximum atomic E-state index is 12.3. The molecule has 0 aromatic carbocycles. The summed E-state index contributed by atoms with van der Waals surface area (Å²) in [6.45, 7) is 2.31. The van der Waals surface area contributed by atoms with Gasteiger partial charge in [0.2, 0.25) is 10.0 Å². The Morgan fingerprint density at radius 3 is 2.74 bits per heavy atom. The molecule has 1 saturated carbocycles. The summed E-state index contributed by atoms with van der Waals surface area (Å²) in [7, 11) is -3.40. The van der Waals surface area contributed by atoms with E-state index in [1.165, 1.54) is 11.3 Å². The molecule has 19 heavy (non-hydrogen) atoms. The molecule has 0 aliphatic heterocycles. The van der Waals surface area contributed by atoms with Gasteiger partial charge in [-0.3, -0.25) is 0 Å². The Balaban J connectivity index is 2.04. The van der Waals surface area contributed by atoms with E-state index in [0.717, 1.165) is 27.9 Å². The number of rotatable bonds is 5. The number of halogens is 2. The first kappa shape index (κ1) is 15.8. The van der Waals surface area contributed by atoms with E-state index in [4.69, 9.17) is 11.6 Å². The summed E-state index contributed by atoms with van der Waals surface area (Å²) in [5.74, 6) is 1.43. The summed E-state index contributed by atoms with van der Waals surface area (Å²) in [5.41, 5.74) is 0. The van der Waals surface area contributed by atoms with E-state index in [-0.39, 0.29) is 0 Å². The van der Waals surface area contributed by atoms with Crippen molar-refractivity contribution in [3.05, 3.63) is 14.7 Å². The van der Waals surface area contributed by atoms with E-state index in [1.54, 1.807) is 6.07 Å². The van der Waals surface area contributed by atoms with Gasteiger partial charge in [-0.05, 0) is 53.6 Å². The van der Waals surface area contributed by atoms with E-state index in [9.17, 15) is 8.42 Å². The number of nitrogens with one attached hydrogen (secondary N) is 1. The van der Waals surface area contributed by atoms with Crippen molar-refractivity contribution in [3.63, 3.8) is 0 Å². The highest BCUT2D eigenvalue weighted by atomic mass is 79.9. The molecule has 1 aliphatic rings. The summed E-state index contributed by atoms with van der Waals surface area (Å²) < 4.78 is 28.1. The highest BCUT2D eigenvalue weighted by Crippen LogP contribution is 2.33. The molecule has 1 aromatic heterocycles. The predicted molar refractivity (Wildman–Crippen MR) is 83.5 cm³/mol. The molecule has 108 valence electrons. The Hall–Kier alpha value is 0.380. The largest absolute Gasteiger partial charge is 0.241 e. The summed E-state index contributed by atoms with van der Waals surface area (Å²) >= 11 is 10.7. The summed E-state index contributed by atoms with van der Waals surface area (Å²) in [5, 5.41) is 0. The third-order valence-electron chi connectivity index (χ3n) is 3.68. The Labute approximate surface area is 131 Å². The van der Waals surface area contributed by atoms with E-state index in [1.807, 2.05) is 6.92 Å². The van der Waals surface area contributed by atoms with Gasteiger partial charge < -0.3 is 0 Å². The zero-order valence-electron chi connectivity index (χ0n) is 10.7. The van der Waals surface area contributed by atoms with Gasteiger partial charge in [-0.2, -0.15) is 0 Å². The van der Waals surface area contributed by atoms with Gasteiger partial charge in [-0.15, -0.1) is 22.9 Å². The van der Waals surface area contributed by atoms with Crippen molar-refractivity contribution < 1.29 is 8.42 Å². The molecular weight excluding hydrogens is 370 g/mol. The molecule has 0 spiro atoms. The Kier molecular flexibility index (Phi) is 5.34. The minimum atomic E-state index is -3.40. The zero-order chi connectivity index (χ0) is 14.0. The lowest BCUT2D eigenvalue weighted by atomic mass is 9.98. The average Bonchev–Trinajstić information content (AvgIpc) is 2.93. The normalized spacial score (nSPS) is 23.9. The van der Waals surface area contributed by atoms with Crippen LogP contribution in [0.25, 0.3) is 0 Å². The van der Waals surface area contributed by atoms with Gasteiger partial charge in [0.15, 0.2) is 0 Å². The number of thiophene rings is 1. The Morgan fingerprint density at radius 1 is 1.47 bits per heavy atom. The third kappa shape index (κ3) is 3.73. The van der Waals surface area contributed by atoms with Crippen LogP contribution in [0.3, 0.4) is 0 Å². The molecule has 1 heterocycles. The first-order valence-electron chi connectivity index (χ1n) is 6.25. The second kappa shape index (κ2) is 6.43. The van der Waals surface area contributed by atoms with Gasteiger partial charge >= 0.3 is 0 Å². The van der Waals surface area contributed by atoms with Crippen LogP contribution in [0.5, 0.6) is 0 Å². The van der Waals surface area contributed by atoms with Crippen molar-refractivity contribution in [1.29, 1.82) is 0 Å². The van der Waals surface area contributed by atoms with Crippen LogP contribution in [0, 0.1) is 18.8 Å². The van der Waals surface area contributed by atoms with Crippen molar-refractivity contribution in [2.75, 3.05) is 12.4 Å². The maximum Gasteiger partial charge on any atom is 0.241 e. The van der Waals surface area contributed by atoms with Gasteiger partial charge in [0.05, 0.1) is 8.68 Å². The fourth-order valence-corrected chi connectivity index (χ4v) is 6.49. The molecular formula is C12H17BrClNO2S2. The van der Waals surface area contributed by atoms with Crippen LogP contribution in [0.2, 0.25) is 0 Å². The van der Waals surface area contributed by atoms with Crippen molar-refractivity contribution in [2.45, 2.75) is 31.1 Å². The first-order chi connectivity index (χ1) is 8.94. The Bertz CT molecular complexity index is 544. The molecule has 0 saturated heterocycles. The molecule has 7 heteroatoms. The van der Waals surface area contributed by atoms with Crippen LogP contribution in [0.4, 0.5) is 0 Å². The maximum absolute atomic E-state index is 12.3. The summed E-state index contributed by atoms with van der Waals surface area (Å²) in [4.78, 5) is 1.18. The number of sulfonamides is 1. The molecule has 2 unspecified atom stereocenters. The smallest absolute Gasteiger partial charge is 0.211 e. The number of hydrogen-bond acceptors (Lipinski definition) is 3. The molecule has 2 rings (SSSR count). The van der Waals surface area contributed by atoms with Crippen LogP contribution in [-0.2, 0) is 10.0 Å². The second-order valence-corrected chi connectivity index (χ2v) is 9.61. The number of aryl methyl sites for hydroxylation is 1. The van der Waals surface area contributed by atoms with Crippen LogP contribution < -0.4 is 4.72 Å². The molecule has 1 fully saturated rings. The van der Waals surface area contributed by atoms with Crippen molar-refractivity contribution in [2.24, 2.45) is 11.8 Å². The minimum Gasteiger partial charge on any atom is -0.211 e. The summed E-state index contributed by atoms with van der Waals surface area (Å²) in [6.07, 6.45) is 3.32. The fourth-order valence-electron chi connectivity index (χ4n) is 2.58. The topological polar surface area (TPSA) is 46.2 Å². The Morgan fingerprint density at radius 2 is 2.16 bits per heavy atom. The fraction of sp³-hybridized carbons (Fsp3) is 0.667. The van der Waals surface area contributed by atoms with Crippen molar-refractivity contribution in [1.82, 2.24) is 4.72 Å². The van der Waals surface area contributed by atoms with Crippen LogP contribution in [0.1, 0.15) is 24.1 Å². The lowest BCUT2D eigenvalue weighted by Gasteiger charge is -2.17. The average molecular weight is 387 g/mol. The van der Waals surface area contributed by atoms with E-state index in [0.29, 0.717) is 29.2 Å². The quantitative estimate of drug-likeness (QED) is 0.783. The van der Waals surface area contributed by atoms with E-state index < -0.39 is 10.0 Å². The van der Waals surface area contributed by atoms with Crippen LogP contribution in [0.15, 0.2) is 14.7 Å². The predicted octanol–water partition coefficient (Wildman–Crippen LogP) is 3.75. The molecule has 2 atom stereocenters. The molecule has 0 bridgehead atoms. The van der Waals surface area contributed by atoms with E-state index in [2.05, 4.69) is 20.7 Å². The molecule has 3 nitrogen and oxygen atoms in total. The van der Waals surface area contributed by atoms with Crippen LogP contribution >= 0.6 is 38.9 Å². The van der Waals surface area contributed by atoms with Gasteiger partial charge in [0, 0.05) is 17.3 Å². The zero-order valence-corrected chi connectivity index (χ0v) is 14.6. The standard InChI is InChI=1S/C12H17BrClNO2S2/c1-8-11(5-12(13)18-8)19(16,17)15-7-10-4-2-3-9(10)6-14/h5,9-10,15H,2-4,6-7H2,1H3. The molecule has 0 amide bonds. The molecule has 1 N–H and O–H groups in total. The first-order valence-corrected chi connectivity index (χ1v) is 9.88. The highest BCUT2D eigenvalue weighted by molar-refractivity contribution is 9.11. The highest BCUT2D eigenvalue weighted by Gasteiger charge is 2.28. The van der Waals surface area contributed by atoms with Crippen molar-refractivity contribution >= 4 is 48.9 Å². The monoisotopic (exact) mass is 385 g/mol. The summed E-state index contributed by atoms with van der Waals surface area (Å²) in [6, 6.07) is 1.66. The van der Waals surface area contributed by atoms with E-state index >= 15 is 0 Å². The third-order valence-corrected chi connectivity index (χ3v) is 7.31. The lowest BCUT2D eigenvalue weighted by Crippen LogP contribution is -2.31. The molecule has 1 aliphatic carbocycles. The minimum absolute atomic E-state index is 0.370. The van der Waals surface area contributed by atoms with Gasteiger partial charge in [0.1, 0.15) is 0 Å². The van der Waals surface area contributed by atoms with Crippen LogP contribution in [-0.4, -0.2) is 20.8 Å². The number of alkyl halides is 1. The molecule has 1 aromatic rings. The van der Waals surface area contributed by atoms with Gasteiger partial charge in [0.25, 0.3) is 0 Å². The van der Waals surface area contributed by atoms with Gasteiger partial charge in [-0.1, -0.05) is 6.42 Å². The second-order valence-electron chi connectivity index (χ2n) is 4.93. The van der Waals surface area contributed by atoms with Gasteiger partial charge in [-0.25, -0.2) is 13.1 Å². The number of hydrogen-bond donors (Lipinski definition) is 1.